The molecule has 1 aliphatic rings. The minimum Gasteiger partial charge on any atom is -0.327 e. The first-order valence-corrected chi connectivity index (χ1v) is 5.69. The average Bonchev–Trinajstić information content (AvgIpc) is 2.86. The van der Waals surface area contributed by atoms with Crippen LogP contribution in [0.15, 0.2) is 0 Å². The van der Waals surface area contributed by atoms with Gasteiger partial charge in [0, 0.05) is 19.1 Å². The van der Waals surface area contributed by atoms with E-state index in [2.05, 4.69) is 19.2 Å². The molecule has 0 spiro atoms. The molecule has 1 saturated carbocycles. The molecular formula is C11H24N2. The summed E-state index contributed by atoms with van der Waals surface area (Å²) in [5, 5.41) is 3.50. The van der Waals surface area contributed by atoms with Crippen molar-refractivity contribution in [2.75, 3.05) is 13.1 Å². The van der Waals surface area contributed by atoms with Crippen LogP contribution in [0, 0.1) is 5.41 Å². The summed E-state index contributed by atoms with van der Waals surface area (Å²) in [7, 11) is 0. The highest BCUT2D eigenvalue weighted by molar-refractivity contribution is 4.93. The van der Waals surface area contributed by atoms with Crippen LogP contribution in [0.3, 0.4) is 0 Å². The highest BCUT2D eigenvalue weighted by Crippen LogP contribution is 2.47. The number of hydrogen-bond donors (Lipinski definition) is 2. The molecule has 0 radical (unpaired) electrons. The summed E-state index contributed by atoms with van der Waals surface area (Å²) in [4.78, 5) is 0. The van der Waals surface area contributed by atoms with Gasteiger partial charge >= 0.3 is 0 Å². The van der Waals surface area contributed by atoms with Gasteiger partial charge in [-0.05, 0) is 31.1 Å². The summed E-state index contributed by atoms with van der Waals surface area (Å²) in [5.41, 5.74) is 6.57. The molecule has 3 N–H and O–H groups in total. The fraction of sp³-hybridized carbons (Fsp3) is 1.00. The Morgan fingerprint density at radius 3 is 2.54 bits per heavy atom. The molecule has 2 heteroatoms. The van der Waals surface area contributed by atoms with E-state index in [9.17, 15) is 0 Å². The molecule has 0 bridgehead atoms. The average molecular weight is 184 g/mol. The van der Waals surface area contributed by atoms with Gasteiger partial charge in [-0.3, -0.25) is 0 Å². The van der Waals surface area contributed by atoms with Crippen LogP contribution in [-0.2, 0) is 0 Å². The molecule has 0 aliphatic heterocycles. The summed E-state index contributed by atoms with van der Waals surface area (Å²) in [6.07, 6.45) is 6.50. The van der Waals surface area contributed by atoms with E-state index in [4.69, 9.17) is 5.73 Å². The number of nitrogens with one attached hydrogen (secondary N) is 1. The molecule has 2 nitrogen and oxygen atoms in total. The SMILES string of the molecule is CCCC(N)CNCC1(CC)CC1. The van der Waals surface area contributed by atoms with Gasteiger partial charge < -0.3 is 11.1 Å². The fourth-order valence-electron chi connectivity index (χ4n) is 1.83. The van der Waals surface area contributed by atoms with Gasteiger partial charge in [-0.25, -0.2) is 0 Å². The van der Waals surface area contributed by atoms with E-state index in [-0.39, 0.29) is 0 Å². The molecule has 1 fully saturated rings. The van der Waals surface area contributed by atoms with Gasteiger partial charge in [-0.2, -0.15) is 0 Å². The maximum absolute atomic E-state index is 5.91. The lowest BCUT2D eigenvalue weighted by Gasteiger charge is -2.16. The molecule has 1 atom stereocenters. The van der Waals surface area contributed by atoms with Crippen molar-refractivity contribution in [2.45, 2.75) is 52.0 Å². The Balaban J connectivity index is 2.00. The Bertz CT molecular complexity index is 141. The minimum atomic E-state index is 0.359. The first kappa shape index (κ1) is 11.0. The van der Waals surface area contributed by atoms with Crippen LogP contribution in [0.25, 0.3) is 0 Å². The van der Waals surface area contributed by atoms with E-state index in [1.54, 1.807) is 0 Å². The maximum atomic E-state index is 5.91. The third-order valence-electron chi connectivity index (χ3n) is 3.27. The molecule has 1 aliphatic carbocycles. The van der Waals surface area contributed by atoms with Gasteiger partial charge in [0.25, 0.3) is 0 Å². The van der Waals surface area contributed by atoms with Crippen LogP contribution in [0.2, 0.25) is 0 Å². The van der Waals surface area contributed by atoms with Gasteiger partial charge in [-0.15, -0.1) is 0 Å². The molecule has 0 aromatic heterocycles. The third kappa shape index (κ3) is 3.65. The van der Waals surface area contributed by atoms with Crippen LogP contribution < -0.4 is 11.1 Å². The Labute approximate surface area is 82.3 Å². The smallest absolute Gasteiger partial charge is 0.0165 e. The molecule has 78 valence electrons. The molecule has 0 aromatic rings. The van der Waals surface area contributed by atoms with Gasteiger partial charge in [-0.1, -0.05) is 20.3 Å². The molecule has 0 amide bonds. The van der Waals surface area contributed by atoms with Crippen molar-refractivity contribution in [3.05, 3.63) is 0 Å². The first-order chi connectivity index (χ1) is 6.22. The lowest BCUT2D eigenvalue weighted by molar-refractivity contribution is 0.425. The van der Waals surface area contributed by atoms with E-state index in [0.29, 0.717) is 11.5 Å². The highest BCUT2D eigenvalue weighted by atomic mass is 14.9. The second-order valence-corrected chi connectivity index (χ2v) is 4.53. The van der Waals surface area contributed by atoms with Crippen molar-refractivity contribution in [3.8, 4) is 0 Å². The second kappa shape index (κ2) is 4.97. The topological polar surface area (TPSA) is 38.0 Å². The number of hydrogen-bond acceptors (Lipinski definition) is 2. The van der Waals surface area contributed by atoms with E-state index in [1.165, 1.54) is 32.2 Å². The van der Waals surface area contributed by atoms with Crippen LogP contribution in [0.4, 0.5) is 0 Å². The zero-order valence-corrected chi connectivity index (χ0v) is 9.10. The molecule has 0 aromatic carbocycles. The van der Waals surface area contributed by atoms with Gasteiger partial charge in [0.2, 0.25) is 0 Å². The van der Waals surface area contributed by atoms with E-state index >= 15 is 0 Å². The summed E-state index contributed by atoms with van der Waals surface area (Å²) in [6, 6.07) is 0.359. The summed E-state index contributed by atoms with van der Waals surface area (Å²) >= 11 is 0. The van der Waals surface area contributed by atoms with Crippen molar-refractivity contribution in [3.63, 3.8) is 0 Å². The van der Waals surface area contributed by atoms with Gasteiger partial charge in [0.1, 0.15) is 0 Å². The molecular weight excluding hydrogens is 160 g/mol. The van der Waals surface area contributed by atoms with Crippen LogP contribution >= 0.6 is 0 Å². The molecule has 1 rings (SSSR count). The zero-order chi connectivity index (χ0) is 9.73. The predicted molar refractivity (Wildman–Crippen MR) is 57.7 cm³/mol. The van der Waals surface area contributed by atoms with Crippen LogP contribution in [0.1, 0.15) is 46.0 Å². The third-order valence-corrected chi connectivity index (χ3v) is 3.27. The van der Waals surface area contributed by atoms with Crippen molar-refractivity contribution >= 4 is 0 Å². The van der Waals surface area contributed by atoms with E-state index in [1.807, 2.05) is 0 Å². The van der Waals surface area contributed by atoms with Gasteiger partial charge in [0.05, 0.1) is 0 Å². The Morgan fingerprint density at radius 2 is 2.08 bits per heavy atom. The Morgan fingerprint density at radius 1 is 1.38 bits per heavy atom. The van der Waals surface area contributed by atoms with Gasteiger partial charge in [0.15, 0.2) is 0 Å². The lowest BCUT2D eigenvalue weighted by atomic mass is 10.0. The number of nitrogens with two attached hydrogens (primary N) is 1. The summed E-state index contributed by atoms with van der Waals surface area (Å²) < 4.78 is 0. The quantitative estimate of drug-likeness (QED) is 0.634. The summed E-state index contributed by atoms with van der Waals surface area (Å²) in [6.45, 7) is 6.66. The van der Waals surface area contributed by atoms with Crippen LogP contribution in [0.5, 0.6) is 0 Å². The zero-order valence-electron chi connectivity index (χ0n) is 9.10. The predicted octanol–water partition coefficient (Wildman–Crippen LogP) is 1.89. The normalized spacial score (nSPS) is 21.5. The standard InChI is InChI=1S/C11H24N2/c1-3-5-10(12)8-13-9-11(4-2)6-7-11/h10,13H,3-9,12H2,1-2H3. The van der Waals surface area contributed by atoms with Crippen LogP contribution in [-0.4, -0.2) is 19.1 Å². The van der Waals surface area contributed by atoms with Crippen molar-refractivity contribution in [1.82, 2.24) is 5.32 Å². The van der Waals surface area contributed by atoms with E-state index in [0.717, 1.165) is 13.0 Å². The van der Waals surface area contributed by atoms with Crippen molar-refractivity contribution in [1.29, 1.82) is 0 Å². The monoisotopic (exact) mass is 184 g/mol. The maximum Gasteiger partial charge on any atom is 0.0165 e. The molecule has 0 heterocycles. The minimum absolute atomic E-state index is 0.359. The molecule has 13 heavy (non-hydrogen) atoms. The summed E-state index contributed by atoms with van der Waals surface area (Å²) in [5.74, 6) is 0. The first-order valence-electron chi connectivity index (χ1n) is 5.69. The fourth-order valence-corrected chi connectivity index (χ4v) is 1.83. The second-order valence-electron chi connectivity index (χ2n) is 4.53. The Hall–Kier alpha value is -0.0800. The van der Waals surface area contributed by atoms with Crippen molar-refractivity contribution < 1.29 is 0 Å². The Kier molecular flexibility index (Phi) is 4.20. The molecule has 0 saturated heterocycles. The highest BCUT2D eigenvalue weighted by Gasteiger charge is 2.39. The van der Waals surface area contributed by atoms with Crippen molar-refractivity contribution in [2.24, 2.45) is 11.1 Å². The van der Waals surface area contributed by atoms with E-state index < -0.39 is 0 Å². The lowest BCUT2D eigenvalue weighted by Crippen LogP contribution is -2.36. The largest absolute Gasteiger partial charge is 0.327 e. The number of rotatable bonds is 7. The molecule has 1 unspecified atom stereocenters.